The number of hydrogen-bond donors (Lipinski definition) is 1. The lowest BCUT2D eigenvalue weighted by atomic mass is 10.0. The molecule has 0 fully saturated rings. The number of anilines is 2. The lowest BCUT2D eigenvalue weighted by Gasteiger charge is -2.29. The molecule has 1 aliphatic heterocycles. The fraction of sp³-hybridized carbons (Fsp3) is 0.222. The third-order valence-corrected chi connectivity index (χ3v) is 4.03. The van der Waals surface area contributed by atoms with E-state index in [2.05, 4.69) is 5.32 Å². The molecule has 0 aromatic heterocycles. The van der Waals surface area contributed by atoms with Crippen LogP contribution in [0.2, 0.25) is 0 Å². The molecule has 6 heteroatoms. The monoisotopic (exact) mass is 330 g/mol. The van der Waals surface area contributed by atoms with Crippen LogP contribution in [0.3, 0.4) is 0 Å². The molecule has 0 aliphatic carbocycles. The van der Waals surface area contributed by atoms with Crippen molar-refractivity contribution < 1.29 is 18.4 Å². The molecule has 1 N–H and O–H groups in total. The molecule has 0 bridgehead atoms. The van der Waals surface area contributed by atoms with Crippen LogP contribution in [-0.4, -0.2) is 18.4 Å². The van der Waals surface area contributed by atoms with Gasteiger partial charge >= 0.3 is 0 Å². The summed E-state index contributed by atoms with van der Waals surface area (Å²) in [6, 6.07) is 8.38. The van der Waals surface area contributed by atoms with E-state index in [1.165, 1.54) is 13.0 Å². The molecule has 2 aromatic rings. The summed E-state index contributed by atoms with van der Waals surface area (Å²) in [4.78, 5) is 25.5. The Bertz CT molecular complexity index is 800. The molecule has 2 aromatic carbocycles. The molecule has 1 aliphatic rings. The van der Waals surface area contributed by atoms with Gasteiger partial charge in [0.1, 0.15) is 17.2 Å². The highest BCUT2D eigenvalue weighted by Gasteiger charge is 2.21. The van der Waals surface area contributed by atoms with Crippen molar-refractivity contribution in [3.05, 3.63) is 59.2 Å². The van der Waals surface area contributed by atoms with Crippen molar-refractivity contribution in [1.82, 2.24) is 0 Å². The Balaban J connectivity index is 1.87. The summed E-state index contributed by atoms with van der Waals surface area (Å²) in [6.07, 6.45) is 1.60. The predicted molar refractivity (Wildman–Crippen MR) is 87.1 cm³/mol. The Labute approximate surface area is 138 Å². The number of hydrogen-bond acceptors (Lipinski definition) is 2. The average molecular weight is 330 g/mol. The molecule has 24 heavy (non-hydrogen) atoms. The fourth-order valence-electron chi connectivity index (χ4n) is 2.91. The fourth-order valence-corrected chi connectivity index (χ4v) is 2.91. The van der Waals surface area contributed by atoms with Crippen LogP contribution in [0.5, 0.6) is 0 Å². The first-order chi connectivity index (χ1) is 11.5. The SMILES string of the molecule is CC(=O)N1CCCc2cc(NC(=O)c3c(F)cccc3F)ccc21. The largest absolute Gasteiger partial charge is 0.322 e. The van der Waals surface area contributed by atoms with E-state index in [4.69, 9.17) is 0 Å². The van der Waals surface area contributed by atoms with Crippen molar-refractivity contribution in [3.8, 4) is 0 Å². The second-order valence-corrected chi connectivity index (χ2v) is 5.67. The summed E-state index contributed by atoms with van der Waals surface area (Å²) in [5.41, 5.74) is 1.56. The van der Waals surface area contributed by atoms with Crippen LogP contribution in [0.15, 0.2) is 36.4 Å². The van der Waals surface area contributed by atoms with Gasteiger partial charge in [0.15, 0.2) is 0 Å². The molecular formula is C18H16F2N2O2. The summed E-state index contributed by atoms with van der Waals surface area (Å²) >= 11 is 0. The quantitative estimate of drug-likeness (QED) is 0.916. The van der Waals surface area contributed by atoms with Crippen LogP contribution in [0.1, 0.15) is 29.3 Å². The van der Waals surface area contributed by atoms with E-state index >= 15 is 0 Å². The van der Waals surface area contributed by atoms with Gasteiger partial charge < -0.3 is 10.2 Å². The number of benzene rings is 2. The number of carbonyl (C=O) groups excluding carboxylic acids is 2. The maximum Gasteiger partial charge on any atom is 0.261 e. The molecule has 0 spiro atoms. The maximum atomic E-state index is 13.7. The van der Waals surface area contributed by atoms with Gasteiger partial charge in [0.2, 0.25) is 5.91 Å². The van der Waals surface area contributed by atoms with E-state index in [9.17, 15) is 18.4 Å². The van der Waals surface area contributed by atoms with Crippen molar-refractivity contribution in [2.75, 3.05) is 16.8 Å². The number of fused-ring (bicyclic) bond motifs is 1. The Morgan fingerprint density at radius 2 is 1.83 bits per heavy atom. The summed E-state index contributed by atoms with van der Waals surface area (Å²) in [6.45, 7) is 2.17. The van der Waals surface area contributed by atoms with Gasteiger partial charge in [-0.1, -0.05) is 6.07 Å². The van der Waals surface area contributed by atoms with Crippen LogP contribution in [-0.2, 0) is 11.2 Å². The van der Waals surface area contributed by atoms with Crippen molar-refractivity contribution in [2.45, 2.75) is 19.8 Å². The zero-order valence-electron chi connectivity index (χ0n) is 13.1. The van der Waals surface area contributed by atoms with E-state index in [0.717, 1.165) is 36.2 Å². The van der Waals surface area contributed by atoms with Crippen molar-refractivity contribution in [1.29, 1.82) is 0 Å². The van der Waals surface area contributed by atoms with Gasteiger partial charge in [0, 0.05) is 24.8 Å². The summed E-state index contributed by atoms with van der Waals surface area (Å²) in [5.74, 6) is -2.70. The number of nitrogens with one attached hydrogen (secondary N) is 1. The molecule has 2 amide bonds. The zero-order valence-corrected chi connectivity index (χ0v) is 13.1. The molecule has 3 rings (SSSR count). The topological polar surface area (TPSA) is 49.4 Å². The number of nitrogens with zero attached hydrogens (tertiary/aromatic N) is 1. The van der Waals surface area contributed by atoms with Crippen LogP contribution >= 0.6 is 0 Å². The zero-order chi connectivity index (χ0) is 17.3. The first-order valence-electron chi connectivity index (χ1n) is 7.64. The van der Waals surface area contributed by atoms with Gasteiger partial charge in [-0.05, 0) is 48.7 Å². The lowest BCUT2D eigenvalue weighted by Crippen LogP contribution is -2.33. The minimum absolute atomic E-state index is 0.0406. The number of aryl methyl sites for hydroxylation is 1. The van der Waals surface area contributed by atoms with E-state index in [0.29, 0.717) is 12.2 Å². The Morgan fingerprint density at radius 3 is 2.50 bits per heavy atom. The Morgan fingerprint density at radius 1 is 1.12 bits per heavy atom. The minimum Gasteiger partial charge on any atom is -0.322 e. The normalized spacial score (nSPS) is 13.4. The Hall–Kier alpha value is -2.76. The third-order valence-electron chi connectivity index (χ3n) is 4.03. The number of amides is 2. The molecule has 0 unspecified atom stereocenters. The van der Waals surface area contributed by atoms with Gasteiger partial charge in [-0.3, -0.25) is 9.59 Å². The van der Waals surface area contributed by atoms with Crippen molar-refractivity contribution in [3.63, 3.8) is 0 Å². The van der Waals surface area contributed by atoms with Gasteiger partial charge in [-0.25, -0.2) is 8.78 Å². The Kier molecular flexibility index (Phi) is 4.29. The van der Waals surface area contributed by atoms with Gasteiger partial charge in [0.05, 0.1) is 0 Å². The van der Waals surface area contributed by atoms with Gasteiger partial charge in [-0.2, -0.15) is 0 Å². The average Bonchev–Trinajstić information content (AvgIpc) is 2.53. The highest BCUT2D eigenvalue weighted by molar-refractivity contribution is 6.05. The van der Waals surface area contributed by atoms with Crippen LogP contribution in [0, 0.1) is 11.6 Å². The predicted octanol–water partition coefficient (Wildman–Crippen LogP) is 3.52. The van der Waals surface area contributed by atoms with E-state index < -0.39 is 23.1 Å². The first kappa shape index (κ1) is 16.1. The minimum atomic E-state index is -0.909. The smallest absolute Gasteiger partial charge is 0.261 e. The number of halogens is 2. The second-order valence-electron chi connectivity index (χ2n) is 5.67. The number of carbonyl (C=O) groups is 2. The van der Waals surface area contributed by atoms with Crippen LogP contribution in [0.4, 0.5) is 20.2 Å². The van der Waals surface area contributed by atoms with Crippen LogP contribution < -0.4 is 10.2 Å². The first-order valence-corrected chi connectivity index (χ1v) is 7.64. The highest BCUT2D eigenvalue weighted by atomic mass is 19.1. The van der Waals surface area contributed by atoms with Gasteiger partial charge in [0.25, 0.3) is 5.91 Å². The van der Waals surface area contributed by atoms with Crippen molar-refractivity contribution >= 4 is 23.2 Å². The van der Waals surface area contributed by atoms with E-state index in [-0.39, 0.29) is 5.91 Å². The summed E-state index contributed by atoms with van der Waals surface area (Å²) in [5, 5.41) is 2.51. The summed E-state index contributed by atoms with van der Waals surface area (Å²) < 4.78 is 27.3. The maximum absolute atomic E-state index is 13.7. The highest BCUT2D eigenvalue weighted by Crippen LogP contribution is 2.30. The van der Waals surface area contributed by atoms with E-state index in [1.54, 1.807) is 23.1 Å². The molecular weight excluding hydrogens is 314 g/mol. The lowest BCUT2D eigenvalue weighted by molar-refractivity contribution is -0.116. The molecule has 0 saturated heterocycles. The standard InChI is InChI=1S/C18H16F2N2O2/c1-11(23)22-9-3-4-12-10-13(7-8-16(12)22)21-18(24)17-14(19)5-2-6-15(17)20/h2,5-8,10H,3-4,9H2,1H3,(H,21,24). The molecule has 0 radical (unpaired) electrons. The molecule has 0 atom stereocenters. The number of rotatable bonds is 2. The molecule has 4 nitrogen and oxygen atoms in total. The third kappa shape index (κ3) is 2.99. The van der Waals surface area contributed by atoms with E-state index in [1.807, 2.05) is 0 Å². The summed E-state index contributed by atoms with van der Waals surface area (Å²) in [7, 11) is 0. The second kappa shape index (κ2) is 6.39. The molecule has 124 valence electrons. The van der Waals surface area contributed by atoms with Crippen LogP contribution in [0.25, 0.3) is 0 Å². The molecule has 0 saturated carbocycles. The van der Waals surface area contributed by atoms with Crippen molar-refractivity contribution in [2.24, 2.45) is 0 Å². The molecule has 1 heterocycles. The van der Waals surface area contributed by atoms with Gasteiger partial charge in [-0.15, -0.1) is 0 Å².